The van der Waals surface area contributed by atoms with Crippen LogP contribution in [-0.4, -0.2) is 33.0 Å². The predicted molar refractivity (Wildman–Crippen MR) is 68.3 cm³/mol. The van der Waals surface area contributed by atoms with Crippen LogP contribution in [0.3, 0.4) is 0 Å². The number of rotatable bonds is 2. The molecule has 0 aromatic carbocycles. The van der Waals surface area contributed by atoms with Crippen LogP contribution < -0.4 is 4.90 Å². The van der Waals surface area contributed by atoms with Gasteiger partial charge in [-0.1, -0.05) is 0 Å². The van der Waals surface area contributed by atoms with Crippen LogP contribution in [0.1, 0.15) is 24.5 Å². The van der Waals surface area contributed by atoms with Gasteiger partial charge in [-0.15, -0.1) is 0 Å². The average molecular weight is 241 g/mol. The van der Waals surface area contributed by atoms with E-state index >= 15 is 0 Å². The Morgan fingerprint density at radius 3 is 2.44 bits per heavy atom. The smallest absolute Gasteiger partial charge is 0.225 e. The fraction of sp³-hybridized carbons (Fsp3) is 0.385. The molecule has 0 radical (unpaired) electrons. The van der Waals surface area contributed by atoms with Crippen LogP contribution in [0.25, 0.3) is 0 Å². The molecule has 5 nitrogen and oxygen atoms in total. The molecule has 0 atom stereocenters. The summed E-state index contributed by atoms with van der Waals surface area (Å²) < 4.78 is 0. The summed E-state index contributed by atoms with van der Waals surface area (Å²) in [6.07, 6.45) is 9.21. The molecule has 0 amide bonds. The lowest BCUT2D eigenvalue weighted by molar-refractivity contribution is 0.490. The Kier molecular flexibility index (Phi) is 3.12. The first-order valence-electron chi connectivity index (χ1n) is 6.21. The molecule has 0 aliphatic carbocycles. The molecule has 0 N–H and O–H groups in total. The van der Waals surface area contributed by atoms with Crippen molar-refractivity contribution in [2.45, 2.75) is 18.8 Å². The lowest BCUT2D eigenvalue weighted by Crippen LogP contribution is -2.34. The summed E-state index contributed by atoms with van der Waals surface area (Å²) in [6, 6.07) is 3.86. The average Bonchev–Trinajstić information content (AvgIpc) is 2.49. The first kappa shape index (κ1) is 11.1. The highest BCUT2D eigenvalue weighted by atomic mass is 15.2. The predicted octanol–water partition coefficient (Wildman–Crippen LogP) is 1.65. The minimum Gasteiger partial charge on any atom is -0.341 e. The first-order chi connectivity index (χ1) is 8.93. The van der Waals surface area contributed by atoms with Gasteiger partial charge in [-0.2, -0.15) is 0 Å². The van der Waals surface area contributed by atoms with E-state index in [1.54, 1.807) is 18.7 Å². The van der Waals surface area contributed by atoms with E-state index in [-0.39, 0.29) is 0 Å². The molecular weight excluding hydrogens is 226 g/mol. The van der Waals surface area contributed by atoms with Gasteiger partial charge in [-0.05, 0) is 25.0 Å². The summed E-state index contributed by atoms with van der Waals surface area (Å²) in [4.78, 5) is 19.1. The molecule has 1 aliphatic rings. The van der Waals surface area contributed by atoms with Crippen molar-refractivity contribution in [3.05, 3.63) is 42.7 Å². The summed E-state index contributed by atoms with van der Waals surface area (Å²) in [7, 11) is 0. The monoisotopic (exact) mass is 241 g/mol. The number of nitrogens with zero attached hydrogens (tertiary/aromatic N) is 5. The number of anilines is 1. The van der Waals surface area contributed by atoms with E-state index in [1.807, 2.05) is 18.3 Å². The van der Waals surface area contributed by atoms with Crippen LogP contribution in [0.4, 0.5) is 5.95 Å². The maximum absolute atomic E-state index is 4.34. The number of piperidine rings is 1. The molecule has 0 bridgehead atoms. The van der Waals surface area contributed by atoms with Crippen molar-refractivity contribution < 1.29 is 0 Å². The van der Waals surface area contributed by atoms with Crippen molar-refractivity contribution in [3.63, 3.8) is 0 Å². The Hall–Kier alpha value is -2.04. The summed E-state index contributed by atoms with van der Waals surface area (Å²) in [5, 5.41) is 0. The Morgan fingerprint density at radius 2 is 1.78 bits per heavy atom. The van der Waals surface area contributed by atoms with Crippen molar-refractivity contribution >= 4 is 5.95 Å². The maximum Gasteiger partial charge on any atom is 0.225 e. The zero-order valence-corrected chi connectivity index (χ0v) is 10.1. The van der Waals surface area contributed by atoms with E-state index in [0.717, 1.165) is 37.6 Å². The summed E-state index contributed by atoms with van der Waals surface area (Å²) in [5.41, 5.74) is 1.15. The highest BCUT2D eigenvalue weighted by Crippen LogP contribution is 2.27. The standard InChI is InChI=1S/C13H15N5/c1-5-15-13(16-6-1)18-8-3-11(4-9-18)12-2-7-14-10-17-12/h1-2,5-7,10-11H,3-4,8-9H2. The summed E-state index contributed by atoms with van der Waals surface area (Å²) in [6.45, 7) is 1.97. The molecule has 92 valence electrons. The van der Waals surface area contributed by atoms with E-state index in [1.165, 1.54) is 0 Å². The van der Waals surface area contributed by atoms with Crippen LogP contribution in [0.2, 0.25) is 0 Å². The third kappa shape index (κ3) is 2.30. The number of hydrogen-bond acceptors (Lipinski definition) is 5. The Morgan fingerprint density at radius 1 is 1.00 bits per heavy atom. The minimum atomic E-state index is 0.535. The highest BCUT2D eigenvalue weighted by molar-refractivity contribution is 5.29. The molecule has 3 rings (SSSR count). The van der Waals surface area contributed by atoms with Crippen molar-refractivity contribution in [2.24, 2.45) is 0 Å². The van der Waals surface area contributed by atoms with E-state index in [2.05, 4.69) is 24.8 Å². The lowest BCUT2D eigenvalue weighted by atomic mass is 9.93. The summed E-state index contributed by atoms with van der Waals surface area (Å²) in [5.74, 6) is 1.37. The topological polar surface area (TPSA) is 54.8 Å². The second kappa shape index (κ2) is 5.08. The second-order valence-electron chi connectivity index (χ2n) is 4.44. The Labute approximate surface area is 106 Å². The van der Waals surface area contributed by atoms with Gasteiger partial charge in [0.25, 0.3) is 0 Å². The molecule has 1 saturated heterocycles. The van der Waals surface area contributed by atoms with Crippen molar-refractivity contribution in [1.82, 2.24) is 19.9 Å². The minimum absolute atomic E-state index is 0.535. The van der Waals surface area contributed by atoms with Crippen LogP contribution in [-0.2, 0) is 0 Å². The second-order valence-corrected chi connectivity index (χ2v) is 4.44. The lowest BCUT2D eigenvalue weighted by Gasteiger charge is -2.31. The number of aromatic nitrogens is 4. The quantitative estimate of drug-likeness (QED) is 0.800. The molecule has 3 heterocycles. The van der Waals surface area contributed by atoms with Gasteiger partial charge in [0.15, 0.2) is 0 Å². The van der Waals surface area contributed by atoms with E-state index in [0.29, 0.717) is 5.92 Å². The van der Waals surface area contributed by atoms with Gasteiger partial charge in [0, 0.05) is 43.3 Å². The van der Waals surface area contributed by atoms with Crippen LogP contribution in [0.15, 0.2) is 37.1 Å². The Balaban J connectivity index is 1.65. The van der Waals surface area contributed by atoms with Gasteiger partial charge < -0.3 is 4.90 Å². The van der Waals surface area contributed by atoms with Gasteiger partial charge >= 0.3 is 0 Å². The molecule has 1 fully saturated rings. The van der Waals surface area contributed by atoms with Crippen molar-refractivity contribution in [2.75, 3.05) is 18.0 Å². The fourth-order valence-electron chi connectivity index (χ4n) is 2.37. The highest BCUT2D eigenvalue weighted by Gasteiger charge is 2.22. The maximum atomic E-state index is 4.34. The van der Waals surface area contributed by atoms with Crippen LogP contribution in [0.5, 0.6) is 0 Å². The molecule has 18 heavy (non-hydrogen) atoms. The van der Waals surface area contributed by atoms with E-state index in [9.17, 15) is 0 Å². The summed E-state index contributed by atoms with van der Waals surface area (Å²) >= 11 is 0. The van der Waals surface area contributed by atoms with Crippen molar-refractivity contribution in [3.8, 4) is 0 Å². The van der Waals surface area contributed by atoms with Gasteiger partial charge in [-0.25, -0.2) is 19.9 Å². The van der Waals surface area contributed by atoms with Gasteiger partial charge in [0.05, 0.1) is 0 Å². The molecule has 0 unspecified atom stereocenters. The zero-order chi connectivity index (χ0) is 12.2. The largest absolute Gasteiger partial charge is 0.341 e. The van der Waals surface area contributed by atoms with Crippen molar-refractivity contribution in [1.29, 1.82) is 0 Å². The molecule has 5 heteroatoms. The molecule has 0 saturated carbocycles. The van der Waals surface area contributed by atoms with Gasteiger partial charge in [0.2, 0.25) is 5.95 Å². The SMILES string of the molecule is c1cnc(N2CCC(c3ccncn3)CC2)nc1. The van der Waals surface area contributed by atoms with Gasteiger partial charge in [0.1, 0.15) is 6.33 Å². The zero-order valence-electron chi connectivity index (χ0n) is 10.1. The number of hydrogen-bond donors (Lipinski definition) is 0. The van der Waals surface area contributed by atoms with Gasteiger partial charge in [-0.3, -0.25) is 0 Å². The molecule has 1 aliphatic heterocycles. The molecule has 0 spiro atoms. The van der Waals surface area contributed by atoms with Crippen LogP contribution in [0, 0.1) is 0 Å². The molecular formula is C13H15N5. The molecule has 2 aromatic rings. The normalized spacial score (nSPS) is 16.8. The third-order valence-corrected chi connectivity index (χ3v) is 3.35. The van der Waals surface area contributed by atoms with E-state index in [4.69, 9.17) is 0 Å². The Bertz CT molecular complexity index is 432. The van der Waals surface area contributed by atoms with Crippen LogP contribution >= 0.6 is 0 Å². The fourth-order valence-corrected chi connectivity index (χ4v) is 2.37. The molecule has 2 aromatic heterocycles. The van der Waals surface area contributed by atoms with E-state index < -0.39 is 0 Å². The third-order valence-electron chi connectivity index (χ3n) is 3.35. The first-order valence-corrected chi connectivity index (χ1v) is 6.21.